The minimum atomic E-state index is -0.00185. The lowest BCUT2D eigenvalue weighted by molar-refractivity contribution is -0.123. The molecule has 1 aliphatic rings. The number of phenolic OH excluding ortho intramolecular Hbond substituents is 2. The third kappa shape index (κ3) is 3.25. The highest BCUT2D eigenvalue weighted by atomic mass is 16.3. The average molecular weight is 248 g/mol. The van der Waals surface area contributed by atoms with Gasteiger partial charge in [-0.3, -0.25) is 4.79 Å². The molecule has 1 unspecified atom stereocenters. The van der Waals surface area contributed by atoms with E-state index in [-0.39, 0.29) is 17.4 Å². The second kappa shape index (κ2) is 5.89. The van der Waals surface area contributed by atoms with Crippen molar-refractivity contribution in [1.82, 2.24) is 0 Å². The normalized spacial score (nSPS) is 21.3. The summed E-state index contributed by atoms with van der Waals surface area (Å²) in [6.45, 7) is 0. The fourth-order valence-corrected chi connectivity index (χ4v) is 2.63. The molecule has 3 heteroatoms. The zero-order valence-corrected chi connectivity index (χ0v) is 10.6. The van der Waals surface area contributed by atoms with E-state index in [1.54, 1.807) is 6.07 Å². The zero-order valence-electron chi connectivity index (χ0n) is 10.6. The number of phenols is 2. The lowest BCUT2D eigenvalue weighted by Crippen LogP contribution is -2.18. The van der Waals surface area contributed by atoms with Crippen LogP contribution in [0.4, 0.5) is 0 Å². The molecular weight excluding hydrogens is 228 g/mol. The topological polar surface area (TPSA) is 57.5 Å². The first-order valence-corrected chi connectivity index (χ1v) is 6.70. The summed E-state index contributed by atoms with van der Waals surface area (Å²) in [6, 6.07) is 4.50. The Bertz CT molecular complexity index is 426. The lowest BCUT2D eigenvalue weighted by atomic mass is 9.85. The molecule has 18 heavy (non-hydrogen) atoms. The van der Waals surface area contributed by atoms with Crippen molar-refractivity contribution in [2.24, 2.45) is 5.92 Å². The monoisotopic (exact) mass is 248 g/mol. The number of hydrogen-bond acceptors (Lipinski definition) is 3. The predicted octanol–water partition coefficient (Wildman–Crippen LogP) is 3.18. The van der Waals surface area contributed by atoms with Crippen LogP contribution in [0.5, 0.6) is 11.5 Å². The van der Waals surface area contributed by atoms with Crippen molar-refractivity contribution < 1.29 is 15.0 Å². The predicted molar refractivity (Wildman–Crippen MR) is 69.7 cm³/mol. The molecule has 1 fully saturated rings. The number of carbonyl (C=O) groups is 1. The van der Waals surface area contributed by atoms with E-state index in [0.29, 0.717) is 24.2 Å². The van der Waals surface area contributed by atoms with Crippen LogP contribution in [0.3, 0.4) is 0 Å². The smallest absolute Gasteiger partial charge is 0.136 e. The maximum atomic E-state index is 12.0. The van der Waals surface area contributed by atoms with Crippen molar-refractivity contribution in [3.63, 3.8) is 0 Å². The van der Waals surface area contributed by atoms with Gasteiger partial charge >= 0.3 is 0 Å². The van der Waals surface area contributed by atoms with Crippen LogP contribution in [-0.2, 0) is 11.2 Å². The van der Waals surface area contributed by atoms with Crippen molar-refractivity contribution in [2.45, 2.75) is 44.9 Å². The largest absolute Gasteiger partial charge is 0.508 e. The number of Topliss-reactive ketones (excluding diaryl/α,β-unsaturated/α-hetero) is 1. The summed E-state index contributed by atoms with van der Waals surface area (Å²) in [5, 5.41) is 19.2. The number of rotatable bonds is 2. The SMILES string of the molecule is O=C1CCCCCCC1Cc1cc(O)ccc1O. The van der Waals surface area contributed by atoms with E-state index in [1.807, 2.05) is 0 Å². The van der Waals surface area contributed by atoms with Crippen LogP contribution in [0.1, 0.15) is 44.1 Å². The molecule has 1 aromatic rings. The Morgan fingerprint density at radius 1 is 1.11 bits per heavy atom. The quantitative estimate of drug-likeness (QED) is 0.790. The third-order valence-electron chi connectivity index (χ3n) is 3.71. The van der Waals surface area contributed by atoms with Gasteiger partial charge in [-0.25, -0.2) is 0 Å². The van der Waals surface area contributed by atoms with E-state index in [4.69, 9.17) is 0 Å². The van der Waals surface area contributed by atoms with Gasteiger partial charge in [-0.2, -0.15) is 0 Å². The van der Waals surface area contributed by atoms with Gasteiger partial charge < -0.3 is 10.2 Å². The Kier molecular flexibility index (Phi) is 4.24. The van der Waals surface area contributed by atoms with Gasteiger partial charge in [0.2, 0.25) is 0 Å². The molecule has 0 saturated heterocycles. The van der Waals surface area contributed by atoms with Gasteiger partial charge in [-0.15, -0.1) is 0 Å². The molecule has 2 rings (SSSR count). The molecule has 2 N–H and O–H groups in total. The maximum Gasteiger partial charge on any atom is 0.136 e. The Morgan fingerprint density at radius 3 is 2.72 bits per heavy atom. The fourth-order valence-electron chi connectivity index (χ4n) is 2.63. The summed E-state index contributed by atoms with van der Waals surface area (Å²) < 4.78 is 0. The second-order valence-electron chi connectivity index (χ2n) is 5.13. The van der Waals surface area contributed by atoms with Gasteiger partial charge in [-0.05, 0) is 43.0 Å². The van der Waals surface area contributed by atoms with Crippen molar-refractivity contribution in [3.05, 3.63) is 23.8 Å². The molecule has 1 saturated carbocycles. The first-order valence-electron chi connectivity index (χ1n) is 6.70. The van der Waals surface area contributed by atoms with Crippen LogP contribution in [0.25, 0.3) is 0 Å². The summed E-state index contributed by atoms with van der Waals surface area (Å²) in [7, 11) is 0. The molecule has 0 heterocycles. The fraction of sp³-hybridized carbons (Fsp3) is 0.533. The molecule has 0 aromatic heterocycles. The van der Waals surface area contributed by atoms with E-state index in [9.17, 15) is 15.0 Å². The lowest BCUT2D eigenvalue weighted by Gasteiger charge is -2.19. The summed E-state index contributed by atoms with van der Waals surface area (Å²) in [5.41, 5.74) is 0.675. The summed E-state index contributed by atoms with van der Waals surface area (Å²) in [4.78, 5) is 12.0. The van der Waals surface area contributed by atoms with Gasteiger partial charge in [0, 0.05) is 12.3 Å². The molecule has 1 aliphatic carbocycles. The first kappa shape index (κ1) is 12.9. The highest BCUT2D eigenvalue weighted by molar-refractivity contribution is 5.81. The van der Waals surface area contributed by atoms with Crippen LogP contribution in [0.2, 0.25) is 0 Å². The molecule has 98 valence electrons. The standard InChI is InChI=1S/C15H20O3/c16-13-7-8-15(18)12(10-13)9-11-5-3-1-2-4-6-14(11)17/h7-8,10-11,16,18H,1-6,9H2. The van der Waals surface area contributed by atoms with E-state index in [0.717, 1.165) is 25.7 Å². The molecular formula is C15H20O3. The molecule has 0 amide bonds. The number of hydrogen-bond donors (Lipinski definition) is 2. The summed E-state index contributed by atoms with van der Waals surface area (Å²) in [5.74, 6) is 0.610. The van der Waals surface area contributed by atoms with Crippen molar-refractivity contribution in [2.75, 3.05) is 0 Å². The maximum absolute atomic E-state index is 12.0. The second-order valence-corrected chi connectivity index (χ2v) is 5.13. The molecule has 1 aromatic carbocycles. The van der Waals surface area contributed by atoms with Crippen LogP contribution in [-0.4, -0.2) is 16.0 Å². The van der Waals surface area contributed by atoms with Crippen LogP contribution in [0.15, 0.2) is 18.2 Å². The Morgan fingerprint density at radius 2 is 1.89 bits per heavy atom. The van der Waals surface area contributed by atoms with Crippen LogP contribution >= 0.6 is 0 Å². The Hall–Kier alpha value is -1.51. The van der Waals surface area contributed by atoms with Crippen molar-refractivity contribution in [3.8, 4) is 11.5 Å². The van der Waals surface area contributed by atoms with Crippen molar-refractivity contribution >= 4 is 5.78 Å². The summed E-state index contributed by atoms with van der Waals surface area (Å²) >= 11 is 0. The van der Waals surface area contributed by atoms with E-state index < -0.39 is 0 Å². The van der Waals surface area contributed by atoms with Gasteiger partial charge in [0.05, 0.1) is 0 Å². The molecule has 0 aliphatic heterocycles. The molecule has 0 spiro atoms. The van der Waals surface area contributed by atoms with E-state index in [2.05, 4.69) is 0 Å². The van der Waals surface area contributed by atoms with E-state index >= 15 is 0 Å². The highest BCUT2D eigenvalue weighted by Crippen LogP contribution is 2.28. The summed E-state index contributed by atoms with van der Waals surface area (Å²) in [6.07, 6.45) is 6.50. The van der Waals surface area contributed by atoms with Crippen LogP contribution in [0, 0.1) is 5.92 Å². The van der Waals surface area contributed by atoms with Gasteiger partial charge in [0.15, 0.2) is 0 Å². The number of carbonyl (C=O) groups excluding carboxylic acids is 1. The minimum Gasteiger partial charge on any atom is -0.508 e. The van der Waals surface area contributed by atoms with Gasteiger partial charge in [0.25, 0.3) is 0 Å². The van der Waals surface area contributed by atoms with E-state index in [1.165, 1.54) is 18.6 Å². The van der Waals surface area contributed by atoms with Crippen molar-refractivity contribution in [1.29, 1.82) is 0 Å². The number of ketones is 1. The van der Waals surface area contributed by atoms with Gasteiger partial charge in [0.1, 0.15) is 17.3 Å². The Labute approximate surface area is 107 Å². The Balaban J connectivity index is 2.10. The molecule has 0 radical (unpaired) electrons. The van der Waals surface area contributed by atoms with Crippen LogP contribution < -0.4 is 0 Å². The minimum absolute atomic E-state index is 0.00185. The van der Waals surface area contributed by atoms with Gasteiger partial charge in [-0.1, -0.05) is 19.3 Å². The molecule has 0 bridgehead atoms. The molecule has 3 nitrogen and oxygen atoms in total. The first-order chi connectivity index (χ1) is 8.66. The number of aromatic hydroxyl groups is 2. The third-order valence-corrected chi connectivity index (χ3v) is 3.71. The molecule has 1 atom stereocenters. The highest BCUT2D eigenvalue weighted by Gasteiger charge is 2.21. The zero-order chi connectivity index (χ0) is 13.0. The number of benzene rings is 1. The average Bonchev–Trinajstić information content (AvgIpc) is 2.33.